The van der Waals surface area contributed by atoms with E-state index in [9.17, 15) is 18.0 Å². The van der Waals surface area contributed by atoms with Crippen molar-refractivity contribution in [1.29, 1.82) is 0 Å². The topological polar surface area (TPSA) is 68.5 Å². The molecule has 4 bridgehead atoms. The molecule has 6 nitrogen and oxygen atoms in total. The summed E-state index contributed by atoms with van der Waals surface area (Å²) in [6.07, 6.45) is 3.83. The second-order valence-corrected chi connectivity index (χ2v) is 10.6. The second-order valence-electron chi connectivity index (χ2n) is 10.6. The van der Waals surface area contributed by atoms with E-state index in [1.165, 1.54) is 32.6 Å². The summed E-state index contributed by atoms with van der Waals surface area (Å²) in [6, 6.07) is 7.55. The highest BCUT2D eigenvalue weighted by Gasteiger charge is 2.50. The predicted molar refractivity (Wildman–Crippen MR) is 123 cm³/mol. The Labute approximate surface area is 200 Å². The van der Waals surface area contributed by atoms with Crippen LogP contribution in [0, 0.1) is 23.2 Å². The number of ether oxygens (including phenoxy) is 1. The molecule has 0 aliphatic heterocycles. The third-order valence-electron chi connectivity index (χ3n) is 8.18. The van der Waals surface area contributed by atoms with Crippen LogP contribution in [0.1, 0.15) is 54.6 Å². The fourth-order valence-corrected chi connectivity index (χ4v) is 7.10. The van der Waals surface area contributed by atoms with E-state index in [1.807, 2.05) is 0 Å². The number of nitrogens with one attached hydrogen (secondary N) is 1. The maximum Gasteiger partial charge on any atom is 0.433 e. The predicted octanol–water partition coefficient (Wildman–Crippen LogP) is 5.37. The lowest BCUT2D eigenvalue weighted by atomic mass is 9.49. The van der Waals surface area contributed by atoms with E-state index in [1.54, 1.807) is 24.3 Å². The van der Waals surface area contributed by atoms with Crippen LogP contribution < -0.4 is 10.1 Å². The van der Waals surface area contributed by atoms with Gasteiger partial charge >= 0.3 is 6.18 Å². The zero-order valence-electron chi connectivity index (χ0n) is 19.4. The molecule has 184 valence electrons. The number of nitrogens with zero attached hydrogens (tertiary/aromatic N) is 3. The van der Waals surface area contributed by atoms with Gasteiger partial charge in [0.05, 0.1) is 19.0 Å². The molecule has 7 rings (SSSR count). The van der Waals surface area contributed by atoms with Crippen molar-refractivity contribution >= 4 is 11.6 Å². The van der Waals surface area contributed by atoms with Crippen LogP contribution in [0.4, 0.5) is 13.2 Å². The van der Waals surface area contributed by atoms with Gasteiger partial charge in [-0.1, -0.05) is 0 Å². The molecular weight excluding hydrogens is 457 g/mol. The van der Waals surface area contributed by atoms with Gasteiger partial charge in [0.2, 0.25) is 0 Å². The molecule has 3 aromatic rings. The number of halogens is 3. The highest BCUT2D eigenvalue weighted by Crippen LogP contribution is 2.59. The van der Waals surface area contributed by atoms with Crippen LogP contribution in [-0.2, 0) is 6.18 Å². The molecule has 35 heavy (non-hydrogen) atoms. The lowest BCUT2D eigenvalue weighted by molar-refractivity contribution is -0.142. The van der Waals surface area contributed by atoms with Crippen molar-refractivity contribution in [2.24, 2.45) is 23.2 Å². The summed E-state index contributed by atoms with van der Waals surface area (Å²) < 4.78 is 47.6. The standard InChI is InChI=1S/C26H27F3N4O2/c1-35-19-4-2-18(3-5-19)21-9-22(26(27,28)29)33-23(32-21)20(13-31-33)24(34)30-14-25-10-15-6-16(11-25)8-17(7-15)12-25/h2-5,9,13,15-17H,6-8,10-12,14H2,1H3,(H,30,34). The van der Waals surface area contributed by atoms with Gasteiger partial charge in [0.1, 0.15) is 11.3 Å². The summed E-state index contributed by atoms with van der Waals surface area (Å²) in [6.45, 7) is 0.553. The monoisotopic (exact) mass is 484 g/mol. The fourth-order valence-electron chi connectivity index (χ4n) is 7.10. The van der Waals surface area contributed by atoms with Crippen LogP contribution in [0.15, 0.2) is 36.5 Å². The number of aromatic nitrogens is 3. The molecule has 9 heteroatoms. The molecule has 4 fully saturated rings. The number of methoxy groups -OCH3 is 1. The van der Waals surface area contributed by atoms with Crippen molar-refractivity contribution in [3.05, 3.63) is 47.8 Å². The molecule has 0 unspecified atom stereocenters. The third-order valence-corrected chi connectivity index (χ3v) is 8.18. The molecule has 0 saturated heterocycles. The molecular formula is C26H27F3N4O2. The van der Waals surface area contributed by atoms with Crippen molar-refractivity contribution < 1.29 is 22.7 Å². The first-order valence-corrected chi connectivity index (χ1v) is 12.1. The van der Waals surface area contributed by atoms with E-state index in [0.717, 1.165) is 43.1 Å². The number of benzene rings is 1. The molecule has 1 aromatic carbocycles. The van der Waals surface area contributed by atoms with E-state index in [2.05, 4.69) is 15.4 Å². The fraction of sp³-hybridized carbons (Fsp3) is 0.500. The lowest BCUT2D eigenvalue weighted by Gasteiger charge is -2.56. The summed E-state index contributed by atoms with van der Waals surface area (Å²) in [5.74, 6) is 2.40. The highest BCUT2D eigenvalue weighted by molar-refractivity contribution is 6.00. The molecule has 2 heterocycles. The SMILES string of the molecule is COc1ccc(-c2cc(C(F)(F)F)n3ncc(C(=O)NCC45CC6CC(CC(C6)C4)C5)c3n2)cc1. The number of alkyl halides is 3. The Balaban J connectivity index is 1.32. The smallest absolute Gasteiger partial charge is 0.433 e. The first kappa shape index (κ1) is 22.4. The van der Waals surface area contributed by atoms with E-state index >= 15 is 0 Å². The van der Waals surface area contributed by atoms with Gasteiger partial charge in [-0.2, -0.15) is 18.3 Å². The normalized spacial score (nSPS) is 27.4. The van der Waals surface area contributed by atoms with Crippen LogP contribution >= 0.6 is 0 Å². The minimum atomic E-state index is -4.67. The Kier molecular flexibility index (Phi) is 5.09. The molecule has 0 radical (unpaired) electrons. The number of hydrogen-bond acceptors (Lipinski definition) is 4. The van der Waals surface area contributed by atoms with Gasteiger partial charge in [0, 0.05) is 12.1 Å². The minimum Gasteiger partial charge on any atom is -0.497 e. The van der Waals surface area contributed by atoms with Gasteiger partial charge in [-0.3, -0.25) is 4.79 Å². The number of amides is 1. The highest BCUT2D eigenvalue weighted by atomic mass is 19.4. The number of fused-ring (bicyclic) bond motifs is 1. The van der Waals surface area contributed by atoms with E-state index < -0.39 is 17.8 Å². The van der Waals surface area contributed by atoms with Gasteiger partial charge in [-0.15, -0.1) is 0 Å². The zero-order valence-corrected chi connectivity index (χ0v) is 19.4. The summed E-state index contributed by atoms with van der Waals surface area (Å²) in [5, 5.41) is 6.93. The first-order chi connectivity index (χ1) is 16.7. The molecule has 1 N–H and O–H groups in total. The van der Waals surface area contributed by atoms with Crippen molar-refractivity contribution in [2.75, 3.05) is 13.7 Å². The van der Waals surface area contributed by atoms with Gasteiger partial charge in [0.15, 0.2) is 11.3 Å². The second kappa shape index (κ2) is 7.96. The summed E-state index contributed by atoms with van der Waals surface area (Å²) in [7, 11) is 1.52. The summed E-state index contributed by atoms with van der Waals surface area (Å²) >= 11 is 0. The zero-order chi connectivity index (χ0) is 24.4. The van der Waals surface area contributed by atoms with E-state index in [4.69, 9.17) is 4.74 Å². The van der Waals surface area contributed by atoms with Crippen LogP contribution in [0.25, 0.3) is 16.9 Å². The van der Waals surface area contributed by atoms with Gasteiger partial charge in [-0.05, 0) is 92.0 Å². The summed E-state index contributed by atoms with van der Waals surface area (Å²) in [4.78, 5) is 17.6. The molecule has 0 atom stereocenters. The van der Waals surface area contributed by atoms with E-state index in [-0.39, 0.29) is 22.3 Å². The Hall–Kier alpha value is -3.10. The molecule has 4 aliphatic carbocycles. The minimum absolute atomic E-state index is 0.0515. The average molecular weight is 485 g/mol. The first-order valence-electron chi connectivity index (χ1n) is 12.1. The van der Waals surface area contributed by atoms with E-state index in [0.29, 0.717) is 22.4 Å². The largest absolute Gasteiger partial charge is 0.497 e. The lowest BCUT2D eigenvalue weighted by Crippen LogP contribution is -2.51. The Morgan fingerprint density at radius 3 is 2.31 bits per heavy atom. The molecule has 0 spiro atoms. The number of rotatable bonds is 5. The Morgan fingerprint density at radius 2 is 1.74 bits per heavy atom. The van der Waals surface area contributed by atoms with Crippen LogP contribution in [0.2, 0.25) is 0 Å². The van der Waals surface area contributed by atoms with Gasteiger partial charge in [-0.25, -0.2) is 9.50 Å². The van der Waals surface area contributed by atoms with Crippen molar-refractivity contribution in [2.45, 2.75) is 44.7 Å². The van der Waals surface area contributed by atoms with Crippen molar-refractivity contribution in [3.8, 4) is 17.0 Å². The molecule has 4 aliphatic rings. The van der Waals surface area contributed by atoms with Crippen molar-refractivity contribution in [3.63, 3.8) is 0 Å². The number of carbonyl (C=O) groups excluding carboxylic acids is 1. The molecule has 1 amide bonds. The van der Waals surface area contributed by atoms with Crippen LogP contribution in [-0.4, -0.2) is 34.2 Å². The Morgan fingerprint density at radius 1 is 1.11 bits per heavy atom. The maximum absolute atomic E-state index is 13.9. The van der Waals surface area contributed by atoms with Crippen LogP contribution in [0.3, 0.4) is 0 Å². The van der Waals surface area contributed by atoms with Crippen LogP contribution in [0.5, 0.6) is 5.75 Å². The van der Waals surface area contributed by atoms with Gasteiger partial charge < -0.3 is 10.1 Å². The number of hydrogen-bond donors (Lipinski definition) is 1. The van der Waals surface area contributed by atoms with Gasteiger partial charge in [0.25, 0.3) is 5.91 Å². The average Bonchev–Trinajstić information content (AvgIpc) is 3.24. The summed E-state index contributed by atoms with van der Waals surface area (Å²) in [5.41, 5.74) is -0.313. The molecule has 2 aromatic heterocycles. The third kappa shape index (κ3) is 3.94. The van der Waals surface area contributed by atoms with Crippen molar-refractivity contribution in [1.82, 2.24) is 19.9 Å². The molecule has 4 saturated carbocycles. The number of carbonyl (C=O) groups is 1. The quantitative estimate of drug-likeness (QED) is 0.529. The Bertz CT molecular complexity index is 1250. The maximum atomic E-state index is 13.9.